The Morgan fingerprint density at radius 1 is 1.28 bits per heavy atom. The third-order valence-corrected chi connectivity index (χ3v) is 4.79. The van der Waals surface area contributed by atoms with E-state index in [1.807, 2.05) is 18.2 Å². The molecule has 2 aliphatic heterocycles. The van der Waals surface area contributed by atoms with Gasteiger partial charge in [0.2, 0.25) is 11.7 Å². The van der Waals surface area contributed by atoms with Crippen LogP contribution in [0.5, 0.6) is 0 Å². The molecule has 0 radical (unpaired) electrons. The van der Waals surface area contributed by atoms with Crippen LogP contribution in [0.4, 0.5) is 4.79 Å². The molecular weight excluding hydrogens is 367 g/mol. The van der Waals surface area contributed by atoms with Crippen molar-refractivity contribution >= 4 is 30.1 Å². The summed E-state index contributed by atoms with van der Waals surface area (Å²) in [5.41, 5.74) is 0.321. The predicted octanol–water partition coefficient (Wildman–Crippen LogP) is 2.89. The number of halogens is 2. The van der Waals surface area contributed by atoms with E-state index >= 15 is 0 Å². The molecule has 1 N–H and O–H groups in total. The number of piperidine rings is 1. The topological polar surface area (TPSA) is 80.5 Å². The summed E-state index contributed by atoms with van der Waals surface area (Å²) in [4.78, 5) is 18.1. The lowest BCUT2D eigenvalue weighted by atomic mass is 9.92. The smallest absolute Gasteiger partial charge is 0.410 e. The van der Waals surface area contributed by atoms with Crippen LogP contribution in [0.25, 0.3) is 11.4 Å². The molecule has 2 fully saturated rings. The zero-order chi connectivity index (χ0) is 16.6. The first-order valence-electron chi connectivity index (χ1n) is 7.91. The third kappa shape index (κ3) is 3.58. The number of nitrogens with zero attached hydrogens (tertiary/aromatic N) is 3. The number of aromatic nitrogens is 2. The van der Waals surface area contributed by atoms with Gasteiger partial charge in [-0.15, -0.1) is 12.4 Å². The van der Waals surface area contributed by atoms with Crippen LogP contribution in [0.15, 0.2) is 28.8 Å². The number of hydrogen-bond donors (Lipinski definition) is 1. The van der Waals surface area contributed by atoms with Crippen LogP contribution in [0.2, 0.25) is 5.02 Å². The number of benzene rings is 1. The van der Waals surface area contributed by atoms with Crippen molar-refractivity contribution in [2.24, 2.45) is 0 Å². The first kappa shape index (κ1) is 18.0. The highest BCUT2D eigenvalue weighted by molar-refractivity contribution is 6.33. The molecule has 4 rings (SSSR count). The number of carbonyl (C=O) groups excluding carboxylic acids is 1. The molecule has 134 valence electrons. The van der Waals surface area contributed by atoms with E-state index in [9.17, 15) is 4.79 Å². The number of hydrogen-bond acceptors (Lipinski definition) is 6. The van der Waals surface area contributed by atoms with Crippen molar-refractivity contribution < 1.29 is 14.1 Å². The summed E-state index contributed by atoms with van der Waals surface area (Å²) in [5, 5.41) is 7.79. The van der Waals surface area contributed by atoms with E-state index < -0.39 is 0 Å². The SMILES string of the molecule is Cl.O=C1OC2(CCNCC2)CN1Cc1nc(-c2ccccc2Cl)no1. The standard InChI is InChI=1S/C16H17ClN4O3.ClH/c17-12-4-2-1-3-11(12)14-19-13(24-20-14)9-21-10-16(23-15(21)22)5-7-18-8-6-16;/h1-4,18H,5-10H2;1H. The van der Waals surface area contributed by atoms with Crippen LogP contribution in [0.1, 0.15) is 18.7 Å². The minimum atomic E-state index is -0.381. The second-order valence-electron chi connectivity index (χ2n) is 6.15. The highest BCUT2D eigenvalue weighted by Gasteiger charge is 2.46. The Balaban J connectivity index is 0.00000182. The van der Waals surface area contributed by atoms with Gasteiger partial charge in [0.25, 0.3) is 0 Å². The van der Waals surface area contributed by atoms with Gasteiger partial charge in [0, 0.05) is 18.4 Å². The van der Waals surface area contributed by atoms with E-state index in [0.29, 0.717) is 28.8 Å². The van der Waals surface area contributed by atoms with E-state index in [1.165, 1.54) is 0 Å². The maximum atomic E-state index is 12.2. The van der Waals surface area contributed by atoms with Crippen LogP contribution in [-0.4, -0.2) is 46.4 Å². The maximum absolute atomic E-state index is 12.2. The van der Waals surface area contributed by atoms with Crippen LogP contribution in [0.3, 0.4) is 0 Å². The normalized spacial score (nSPS) is 18.9. The molecule has 1 aromatic heterocycles. The van der Waals surface area contributed by atoms with Crippen molar-refractivity contribution in [2.45, 2.75) is 25.0 Å². The zero-order valence-electron chi connectivity index (χ0n) is 13.4. The minimum absolute atomic E-state index is 0. The number of ether oxygens (including phenoxy) is 1. The van der Waals surface area contributed by atoms with Crippen molar-refractivity contribution in [3.05, 3.63) is 35.2 Å². The summed E-state index contributed by atoms with van der Waals surface area (Å²) in [6, 6.07) is 7.29. The van der Waals surface area contributed by atoms with Crippen molar-refractivity contribution in [2.75, 3.05) is 19.6 Å². The van der Waals surface area contributed by atoms with Crippen molar-refractivity contribution in [1.29, 1.82) is 0 Å². The lowest BCUT2D eigenvalue weighted by molar-refractivity contribution is 0.0316. The molecule has 0 atom stereocenters. The molecule has 25 heavy (non-hydrogen) atoms. The number of carbonyl (C=O) groups is 1. The summed E-state index contributed by atoms with van der Waals surface area (Å²) >= 11 is 6.15. The Labute approximate surface area is 156 Å². The molecule has 7 nitrogen and oxygen atoms in total. The van der Waals surface area contributed by atoms with Gasteiger partial charge in [-0.1, -0.05) is 28.9 Å². The molecule has 1 spiro atoms. The first-order chi connectivity index (χ1) is 11.7. The molecule has 2 aromatic rings. The Kier molecular flexibility index (Phi) is 5.17. The lowest BCUT2D eigenvalue weighted by Crippen LogP contribution is -2.44. The summed E-state index contributed by atoms with van der Waals surface area (Å²) in [7, 11) is 0. The average molecular weight is 385 g/mol. The van der Waals surface area contributed by atoms with Crippen LogP contribution in [0, 0.1) is 0 Å². The Hall–Kier alpha value is -1.83. The largest absolute Gasteiger partial charge is 0.441 e. The molecule has 2 saturated heterocycles. The Morgan fingerprint density at radius 3 is 2.80 bits per heavy atom. The third-order valence-electron chi connectivity index (χ3n) is 4.46. The van der Waals surface area contributed by atoms with Crippen molar-refractivity contribution in [3.63, 3.8) is 0 Å². The van der Waals surface area contributed by atoms with Crippen LogP contribution < -0.4 is 5.32 Å². The predicted molar refractivity (Wildman–Crippen MR) is 93.7 cm³/mol. The van der Waals surface area contributed by atoms with Gasteiger partial charge in [0.15, 0.2) is 0 Å². The Morgan fingerprint density at radius 2 is 2.04 bits per heavy atom. The molecular formula is C16H18Cl2N4O3. The molecule has 0 saturated carbocycles. The summed E-state index contributed by atoms with van der Waals surface area (Å²) in [6.45, 7) is 2.51. The van der Waals surface area contributed by atoms with Gasteiger partial charge in [0.05, 0.1) is 11.6 Å². The second kappa shape index (κ2) is 7.19. The van der Waals surface area contributed by atoms with Gasteiger partial charge >= 0.3 is 6.09 Å². The first-order valence-corrected chi connectivity index (χ1v) is 8.29. The fraction of sp³-hybridized carbons (Fsp3) is 0.438. The number of amides is 1. The van der Waals surface area contributed by atoms with Crippen LogP contribution in [-0.2, 0) is 11.3 Å². The van der Waals surface area contributed by atoms with E-state index in [-0.39, 0.29) is 30.6 Å². The van der Waals surface area contributed by atoms with Gasteiger partial charge in [0.1, 0.15) is 12.1 Å². The fourth-order valence-corrected chi connectivity index (χ4v) is 3.41. The molecule has 9 heteroatoms. The number of nitrogens with one attached hydrogen (secondary N) is 1. The monoisotopic (exact) mass is 384 g/mol. The molecule has 0 aliphatic carbocycles. The molecule has 3 heterocycles. The average Bonchev–Trinajstić information content (AvgIpc) is 3.14. The Bertz CT molecular complexity index is 761. The van der Waals surface area contributed by atoms with Crippen molar-refractivity contribution in [1.82, 2.24) is 20.4 Å². The molecule has 0 bridgehead atoms. The fourth-order valence-electron chi connectivity index (χ4n) is 3.19. The van der Waals surface area contributed by atoms with E-state index in [4.69, 9.17) is 20.9 Å². The van der Waals surface area contributed by atoms with E-state index in [2.05, 4.69) is 15.5 Å². The van der Waals surface area contributed by atoms with Crippen molar-refractivity contribution in [3.8, 4) is 11.4 Å². The number of rotatable bonds is 3. The van der Waals surface area contributed by atoms with Gasteiger partial charge in [-0.25, -0.2) is 4.79 Å². The van der Waals surface area contributed by atoms with Crippen LogP contribution >= 0.6 is 24.0 Å². The molecule has 0 unspecified atom stereocenters. The minimum Gasteiger partial charge on any atom is -0.441 e. The zero-order valence-corrected chi connectivity index (χ0v) is 15.0. The molecule has 2 aliphatic rings. The summed E-state index contributed by atoms with van der Waals surface area (Å²) < 4.78 is 10.9. The summed E-state index contributed by atoms with van der Waals surface area (Å²) in [5.74, 6) is 0.785. The maximum Gasteiger partial charge on any atom is 0.410 e. The van der Waals surface area contributed by atoms with Gasteiger partial charge in [-0.2, -0.15) is 4.98 Å². The van der Waals surface area contributed by atoms with Gasteiger partial charge in [-0.05, 0) is 25.2 Å². The van der Waals surface area contributed by atoms with Gasteiger partial charge < -0.3 is 14.6 Å². The van der Waals surface area contributed by atoms with E-state index in [0.717, 1.165) is 25.9 Å². The second-order valence-corrected chi connectivity index (χ2v) is 6.56. The lowest BCUT2D eigenvalue weighted by Gasteiger charge is -2.31. The highest BCUT2D eigenvalue weighted by atomic mass is 35.5. The quantitative estimate of drug-likeness (QED) is 0.875. The van der Waals surface area contributed by atoms with Gasteiger partial charge in [-0.3, -0.25) is 4.90 Å². The molecule has 1 amide bonds. The summed E-state index contributed by atoms with van der Waals surface area (Å²) in [6.07, 6.45) is 1.32. The molecule has 1 aromatic carbocycles. The van der Waals surface area contributed by atoms with E-state index in [1.54, 1.807) is 11.0 Å². The highest BCUT2D eigenvalue weighted by Crippen LogP contribution is 2.32.